The third kappa shape index (κ3) is 3.40. The number of hydrogen-bond donors (Lipinski definition) is 1. The molecule has 2 aromatic carbocycles. The second-order valence-corrected chi connectivity index (χ2v) is 5.94. The third-order valence-corrected chi connectivity index (χ3v) is 4.04. The molecule has 2 amide bonds. The molecule has 124 valence electrons. The summed E-state index contributed by atoms with van der Waals surface area (Å²) in [5.41, 5.74) is 2.68. The zero-order valence-corrected chi connectivity index (χ0v) is 13.8. The number of hydrogen-bond acceptors (Lipinski definition) is 3. The van der Waals surface area contributed by atoms with Crippen molar-refractivity contribution in [1.29, 1.82) is 0 Å². The molecule has 0 fully saturated rings. The molecule has 24 heavy (non-hydrogen) atoms. The van der Waals surface area contributed by atoms with Gasteiger partial charge in [-0.1, -0.05) is 36.4 Å². The lowest BCUT2D eigenvalue weighted by atomic mass is 10.1. The summed E-state index contributed by atoms with van der Waals surface area (Å²) in [6.07, 6.45) is 0. The number of benzene rings is 2. The zero-order chi connectivity index (χ0) is 17.1. The van der Waals surface area contributed by atoms with E-state index in [1.807, 2.05) is 62.4 Å². The van der Waals surface area contributed by atoms with Gasteiger partial charge in [0.05, 0.1) is 11.7 Å². The minimum atomic E-state index is -0.212. The van der Waals surface area contributed by atoms with Gasteiger partial charge in [-0.05, 0) is 37.1 Å². The highest BCUT2D eigenvalue weighted by atomic mass is 16.5. The van der Waals surface area contributed by atoms with E-state index >= 15 is 0 Å². The number of nitrogens with zero attached hydrogens (tertiary/aromatic N) is 1. The van der Waals surface area contributed by atoms with Crippen LogP contribution in [0.2, 0.25) is 0 Å². The Kier molecular flexibility index (Phi) is 4.51. The van der Waals surface area contributed by atoms with Crippen molar-refractivity contribution in [2.75, 3.05) is 18.1 Å². The summed E-state index contributed by atoms with van der Waals surface area (Å²) < 4.78 is 5.43. The molecule has 0 saturated carbocycles. The minimum Gasteiger partial charge on any atom is -0.482 e. The van der Waals surface area contributed by atoms with Crippen molar-refractivity contribution in [3.05, 3.63) is 59.7 Å². The van der Waals surface area contributed by atoms with Gasteiger partial charge in [0.2, 0.25) is 5.91 Å². The summed E-state index contributed by atoms with van der Waals surface area (Å²) >= 11 is 0. The van der Waals surface area contributed by atoms with Crippen LogP contribution in [0.3, 0.4) is 0 Å². The Balaban J connectivity index is 1.72. The second kappa shape index (κ2) is 6.74. The molecule has 1 aliphatic heterocycles. The molecule has 1 heterocycles. The van der Waals surface area contributed by atoms with Crippen LogP contribution in [0.4, 0.5) is 5.69 Å². The fraction of sp³-hybridized carbons (Fsp3) is 0.263. The maximum absolute atomic E-state index is 12.4. The van der Waals surface area contributed by atoms with Gasteiger partial charge in [0.15, 0.2) is 6.61 Å². The van der Waals surface area contributed by atoms with Crippen molar-refractivity contribution < 1.29 is 14.3 Å². The summed E-state index contributed by atoms with van der Waals surface area (Å²) in [6, 6.07) is 15.2. The van der Waals surface area contributed by atoms with Crippen molar-refractivity contribution in [1.82, 2.24) is 5.32 Å². The van der Waals surface area contributed by atoms with Crippen molar-refractivity contribution in [2.24, 2.45) is 0 Å². The van der Waals surface area contributed by atoms with Gasteiger partial charge in [0.25, 0.3) is 5.91 Å². The lowest BCUT2D eigenvalue weighted by Crippen LogP contribution is -2.45. The Morgan fingerprint density at radius 3 is 2.75 bits per heavy atom. The standard InChI is InChI=1S/C19H20N2O3/c1-13-8-9-17-16(10-13)21(19(23)12-24-17)11-18(22)20-14(2)15-6-4-3-5-7-15/h3-10,14H,11-12H2,1-2H3,(H,20,22). The zero-order valence-electron chi connectivity index (χ0n) is 13.8. The van der Waals surface area contributed by atoms with Crippen LogP contribution in [0.5, 0.6) is 5.75 Å². The van der Waals surface area contributed by atoms with E-state index in [9.17, 15) is 9.59 Å². The highest BCUT2D eigenvalue weighted by Crippen LogP contribution is 2.32. The molecule has 2 aromatic rings. The van der Waals surface area contributed by atoms with Crippen LogP contribution in [0, 0.1) is 6.92 Å². The number of amides is 2. The molecular formula is C19H20N2O3. The highest BCUT2D eigenvalue weighted by Gasteiger charge is 2.27. The molecular weight excluding hydrogens is 304 g/mol. The highest BCUT2D eigenvalue weighted by molar-refractivity contribution is 6.02. The van der Waals surface area contributed by atoms with E-state index in [0.717, 1.165) is 11.1 Å². The third-order valence-electron chi connectivity index (χ3n) is 4.04. The first-order chi connectivity index (χ1) is 11.5. The first kappa shape index (κ1) is 16.1. The molecule has 5 nitrogen and oxygen atoms in total. The lowest BCUT2D eigenvalue weighted by molar-refractivity contribution is -0.125. The van der Waals surface area contributed by atoms with E-state index in [4.69, 9.17) is 4.74 Å². The van der Waals surface area contributed by atoms with E-state index in [1.54, 1.807) is 0 Å². The topological polar surface area (TPSA) is 58.6 Å². The van der Waals surface area contributed by atoms with Crippen LogP contribution in [0.25, 0.3) is 0 Å². The van der Waals surface area contributed by atoms with E-state index in [-0.39, 0.29) is 31.0 Å². The number of anilines is 1. The van der Waals surface area contributed by atoms with Gasteiger partial charge in [-0.15, -0.1) is 0 Å². The fourth-order valence-electron chi connectivity index (χ4n) is 2.74. The van der Waals surface area contributed by atoms with Crippen LogP contribution < -0.4 is 15.0 Å². The van der Waals surface area contributed by atoms with Crippen molar-refractivity contribution in [3.8, 4) is 5.75 Å². The quantitative estimate of drug-likeness (QED) is 0.940. The van der Waals surface area contributed by atoms with Gasteiger partial charge in [-0.25, -0.2) is 0 Å². The molecule has 1 aliphatic rings. The Labute approximate surface area is 141 Å². The van der Waals surface area contributed by atoms with Crippen LogP contribution in [-0.4, -0.2) is 25.0 Å². The van der Waals surface area contributed by atoms with E-state index in [0.29, 0.717) is 11.4 Å². The molecule has 0 spiro atoms. The van der Waals surface area contributed by atoms with Gasteiger partial charge >= 0.3 is 0 Å². The summed E-state index contributed by atoms with van der Waals surface area (Å²) in [6.45, 7) is 3.80. The maximum Gasteiger partial charge on any atom is 0.265 e. The Hall–Kier alpha value is -2.82. The minimum absolute atomic E-state index is 0.0180. The summed E-state index contributed by atoms with van der Waals surface area (Å²) in [7, 11) is 0. The molecule has 0 radical (unpaired) electrons. The molecule has 0 aromatic heterocycles. The predicted octanol–water partition coefficient (Wildman–Crippen LogP) is 2.60. The van der Waals surface area contributed by atoms with Crippen LogP contribution in [0.1, 0.15) is 24.1 Å². The van der Waals surface area contributed by atoms with Gasteiger partial charge in [-0.3, -0.25) is 14.5 Å². The molecule has 1 unspecified atom stereocenters. The number of fused-ring (bicyclic) bond motifs is 1. The number of aryl methyl sites for hydroxylation is 1. The normalized spacial score (nSPS) is 14.6. The summed E-state index contributed by atoms with van der Waals surface area (Å²) in [5, 5.41) is 2.94. The monoisotopic (exact) mass is 324 g/mol. The van der Waals surface area contributed by atoms with E-state index in [2.05, 4.69) is 5.32 Å². The average molecular weight is 324 g/mol. The smallest absolute Gasteiger partial charge is 0.265 e. The predicted molar refractivity (Wildman–Crippen MR) is 92.0 cm³/mol. The lowest BCUT2D eigenvalue weighted by Gasteiger charge is -2.29. The first-order valence-electron chi connectivity index (χ1n) is 7.93. The van der Waals surface area contributed by atoms with Crippen molar-refractivity contribution >= 4 is 17.5 Å². The number of rotatable bonds is 4. The maximum atomic E-state index is 12.4. The first-order valence-corrected chi connectivity index (χ1v) is 7.93. The Morgan fingerprint density at radius 1 is 1.25 bits per heavy atom. The van der Waals surface area contributed by atoms with Crippen LogP contribution in [0.15, 0.2) is 48.5 Å². The molecule has 0 aliphatic carbocycles. The van der Waals surface area contributed by atoms with Crippen LogP contribution >= 0.6 is 0 Å². The summed E-state index contributed by atoms with van der Waals surface area (Å²) in [4.78, 5) is 26.1. The number of carbonyl (C=O) groups excluding carboxylic acids is 2. The second-order valence-electron chi connectivity index (χ2n) is 5.94. The Bertz CT molecular complexity index is 758. The molecule has 1 N–H and O–H groups in total. The summed E-state index contributed by atoms with van der Waals surface area (Å²) in [5.74, 6) is 0.216. The molecule has 0 saturated heterocycles. The van der Waals surface area contributed by atoms with E-state index in [1.165, 1.54) is 4.90 Å². The van der Waals surface area contributed by atoms with Crippen LogP contribution in [-0.2, 0) is 9.59 Å². The van der Waals surface area contributed by atoms with Gasteiger partial charge in [-0.2, -0.15) is 0 Å². The SMILES string of the molecule is Cc1ccc2c(c1)N(CC(=O)NC(C)c1ccccc1)C(=O)CO2. The number of ether oxygens (including phenoxy) is 1. The molecule has 3 rings (SSSR count). The number of nitrogens with one attached hydrogen (secondary N) is 1. The van der Waals surface area contributed by atoms with Crippen molar-refractivity contribution in [3.63, 3.8) is 0 Å². The largest absolute Gasteiger partial charge is 0.482 e. The Morgan fingerprint density at radius 2 is 2.00 bits per heavy atom. The molecule has 1 atom stereocenters. The van der Waals surface area contributed by atoms with Gasteiger partial charge in [0, 0.05) is 0 Å². The average Bonchev–Trinajstić information content (AvgIpc) is 2.58. The van der Waals surface area contributed by atoms with Gasteiger partial charge < -0.3 is 10.1 Å². The molecule has 0 bridgehead atoms. The van der Waals surface area contributed by atoms with Crippen molar-refractivity contribution in [2.45, 2.75) is 19.9 Å². The molecule has 5 heteroatoms. The fourth-order valence-corrected chi connectivity index (χ4v) is 2.74. The van der Waals surface area contributed by atoms with E-state index < -0.39 is 0 Å². The number of carbonyl (C=O) groups is 2. The van der Waals surface area contributed by atoms with Gasteiger partial charge in [0.1, 0.15) is 12.3 Å².